The third-order valence-electron chi connectivity index (χ3n) is 2.20. The number of carbonyl (C=O) groups excluding carboxylic acids is 1. The Morgan fingerprint density at radius 3 is 2.78 bits per heavy atom. The molecule has 0 unspecified atom stereocenters. The average Bonchev–Trinajstić information content (AvgIpc) is 2.29. The van der Waals surface area contributed by atoms with Crippen molar-refractivity contribution in [1.29, 1.82) is 0 Å². The molecule has 1 rings (SSSR count). The lowest BCUT2D eigenvalue weighted by molar-refractivity contribution is -0.109. The summed E-state index contributed by atoms with van der Waals surface area (Å²) in [6.07, 6.45) is 4.31. The van der Waals surface area contributed by atoms with Crippen LogP contribution in [0.2, 0.25) is 0 Å². The summed E-state index contributed by atoms with van der Waals surface area (Å²) in [5.41, 5.74) is 6.78. The third-order valence-corrected chi connectivity index (χ3v) is 3.04. The van der Waals surface area contributed by atoms with Crippen molar-refractivity contribution in [1.82, 2.24) is 0 Å². The molecule has 0 bridgehead atoms. The quantitative estimate of drug-likeness (QED) is 0.632. The van der Waals surface area contributed by atoms with Gasteiger partial charge in [-0.15, -0.1) is 0 Å². The number of thioether (sulfide) groups is 1. The van der Waals surface area contributed by atoms with Gasteiger partial charge in [0.25, 0.3) is 0 Å². The van der Waals surface area contributed by atoms with Gasteiger partial charge in [0.05, 0.1) is 5.56 Å². The molecule has 0 spiro atoms. The monoisotopic (exact) mass is 265 g/mol. The minimum atomic E-state index is -1.000. The molecule has 96 valence electrons. The van der Waals surface area contributed by atoms with Crippen LogP contribution in [0.1, 0.15) is 29.3 Å². The lowest BCUT2D eigenvalue weighted by Crippen LogP contribution is -2.00. The maximum absolute atomic E-state index is 11.0. The number of carboxylic acids is 1. The fourth-order valence-electron chi connectivity index (χ4n) is 1.39. The van der Waals surface area contributed by atoms with Gasteiger partial charge < -0.3 is 10.8 Å². The van der Waals surface area contributed by atoms with Crippen LogP contribution in [0.25, 0.3) is 6.08 Å². The average molecular weight is 265 g/mol. The van der Waals surface area contributed by atoms with Crippen LogP contribution in [-0.2, 0) is 4.79 Å². The Morgan fingerprint density at radius 2 is 2.17 bits per heavy atom. The summed E-state index contributed by atoms with van der Waals surface area (Å²) in [5.74, 6) is -0.302. The molecule has 0 heterocycles. The van der Waals surface area contributed by atoms with E-state index in [1.165, 1.54) is 24.8 Å². The molecule has 5 heteroatoms. The molecular weight excluding hydrogens is 250 g/mol. The second-order valence-corrected chi connectivity index (χ2v) is 4.95. The van der Waals surface area contributed by atoms with Crippen LogP contribution < -0.4 is 5.73 Å². The zero-order valence-corrected chi connectivity index (χ0v) is 10.9. The van der Waals surface area contributed by atoms with Gasteiger partial charge in [0.2, 0.25) is 0 Å². The van der Waals surface area contributed by atoms with Gasteiger partial charge in [-0.3, -0.25) is 4.79 Å². The van der Waals surface area contributed by atoms with Crippen molar-refractivity contribution in [3.63, 3.8) is 0 Å². The zero-order chi connectivity index (χ0) is 13.5. The first kappa shape index (κ1) is 14.3. The number of rotatable bonds is 5. The van der Waals surface area contributed by atoms with Crippen molar-refractivity contribution in [2.24, 2.45) is 0 Å². The molecule has 0 fully saturated rings. The highest BCUT2D eigenvalue weighted by molar-refractivity contribution is 8.13. The molecule has 0 atom stereocenters. The standard InChI is InChI=1S/C13H15NO3S/c1-9(15)18-7-3-2-4-10-5-6-11(14)8-12(10)13(16)17/h2,4-6,8H,3,7,14H2,1H3,(H,16,17). The summed E-state index contributed by atoms with van der Waals surface area (Å²) in [5, 5.41) is 9.11. The lowest BCUT2D eigenvalue weighted by atomic mass is 10.1. The summed E-state index contributed by atoms with van der Waals surface area (Å²) in [6.45, 7) is 1.52. The number of allylic oxidation sites excluding steroid dienone is 1. The van der Waals surface area contributed by atoms with Gasteiger partial charge in [0, 0.05) is 18.4 Å². The molecule has 0 aliphatic carbocycles. The first-order chi connectivity index (χ1) is 8.50. The number of nitrogen functional groups attached to an aromatic ring is 1. The number of hydrogen-bond donors (Lipinski definition) is 2. The Hall–Kier alpha value is -1.75. The van der Waals surface area contributed by atoms with Crippen molar-refractivity contribution in [3.8, 4) is 0 Å². The van der Waals surface area contributed by atoms with E-state index < -0.39 is 5.97 Å². The number of carboxylic acid groups (broad SMARTS) is 1. The van der Waals surface area contributed by atoms with Crippen LogP contribution in [0.15, 0.2) is 24.3 Å². The normalized spacial score (nSPS) is 10.7. The highest BCUT2D eigenvalue weighted by Gasteiger charge is 2.07. The van der Waals surface area contributed by atoms with Crippen LogP contribution in [0.5, 0.6) is 0 Å². The van der Waals surface area contributed by atoms with Crippen LogP contribution in [0.4, 0.5) is 5.69 Å². The molecule has 18 heavy (non-hydrogen) atoms. The number of nitrogens with two attached hydrogens (primary N) is 1. The Labute approximate surface area is 110 Å². The molecule has 0 amide bonds. The highest BCUT2D eigenvalue weighted by Crippen LogP contribution is 2.16. The maximum atomic E-state index is 11.0. The van der Waals surface area contributed by atoms with Crippen molar-refractivity contribution < 1.29 is 14.7 Å². The van der Waals surface area contributed by atoms with Gasteiger partial charge in [-0.2, -0.15) is 0 Å². The number of benzene rings is 1. The maximum Gasteiger partial charge on any atom is 0.336 e. The molecule has 4 nitrogen and oxygen atoms in total. The minimum absolute atomic E-state index is 0.0853. The van der Waals surface area contributed by atoms with E-state index in [0.29, 0.717) is 23.4 Å². The van der Waals surface area contributed by atoms with Gasteiger partial charge in [-0.25, -0.2) is 4.79 Å². The molecule has 3 N–H and O–H groups in total. The molecule has 0 radical (unpaired) electrons. The van der Waals surface area contributed by atoms with E-state index in [1.54, 1.807) is 18.2 Å². The van der Waals surface area contributed by atoms with Crippen molar-refractivity contribution in [2.45, 2.75) is 13.3 Å². The summed E-state index contributed by atoms with van der Waals surface area (Å²) >= 11 is 1.25. The van der Waals surface area contributed by atoms with E-state index in [9.17, 15) is 9.59 Å². The lowest BCUT2D eigenvalue weighted by Gasteiger charge is -2.02. The largest absolute Gasteiger partial charge is 0.478 e. The Kier molecular flexibility index (Phi) is 5.45. The first-order valence-electron chi connectivity index (χ1n) is 5.43. The molecule has 0 aromatic heterocycles. The van der Waals surface area contributed by atoms with Gasteiger partial charge in [-0.1, -0.05) is 30.0 Å². The van der Waals surface area contributed by atoms with Crippen molar-refractivity contribution in [2.75, 3.05) is 11.5 Å². The number of anilines is 1. The molecular formula is C13H15NO3S. The summed E-state index contributed by atoms with van der Waals surface area (Å²) in [7, 11) is 0. The van der Waals surface area contributed by atoms with Crippen LogP contribution in [-0.4, -0.2) is 21.9 Å². The van der Waals surface area contributed by atoms with E-state index >= 15 is 0 Å². The molecule has 0 saturated carbocycles. The topological polar surface area (TPSA) is 80.4 Å². The van der Waals surface area contributed by atoms with Crippen molar-refractivity contribution >= 4 is 34.6 Å². The molecule has 0 aliphatic rings. The fourth-order valence-corrected chi connectivity index (χ4v) is 1.93. The molecule has 1 aromatic rings. The number of aromatic carboxylic acids is 1. The minimum Gasteiger partial charge on any atom is -0.478 e. The van der Waals surface area contributed by atoms with Gasteiger partial charge in [0.15, 0.2) is 5.12 Å². The Balaban J connectivity index is 2.69. The smallest absolute Gasteiger partial charge is 0.336 e. The van der Waals surface area contributed by atoms with E-state index in [-0.39, 0.29) is 10.7 Å². The van der Waals surface area contributed by atoms with Crippen LogP contribution >= 0.6 is 11.8 Å². The third kappa shape index (κ3) is 4.63. The Morgan fingerprint density at radius 1 is 1.44 bits per heavy atom. The SMILES string of the molecule is CC(=O)SCCC=Cc1ccc(N)cc1C(=O)O. The van der Waals surface area contributed by atoms with Gasteiger partial charge in [0.1, 0.15) is 0 Å². The van der Waals surface area contributed by atoms with Crippen LogP contribution in [0.3, 0.4) is 0 Å². The molecule has 0 saturated heterocycles. The second-order valence-electron chi connectivity index (χ2n) is 3.68. The van der Waals surface area contributed by atoms with E-state index in [0.717, 1.165) is 0 Å². The zero-order valence-electron chi connectivity index (χ0n) is 10.1. The van der Waals surface area contributed by atoms with E-state index in [4.69, 9.17) is 10.8 Å². The highest BCUT2D eigenvalue weighted by atomic mass is 32.2. The summed E-state index contributed by atoms with van der Waals surface area (Å²) < 4.78 is 0. The predicted octanol–water partition coefficient (Wildman–Crippen LogP) is 2.65. The summed E-state index contributed by atoms with van der Waals surface area (Å²) in [4.78, 5) is 21.7. The van der Waals surface area contributed by atoms with Crippen LogP contribution in [0, 0.1) is 0 Å². The second kappa shape index (κ2) is 6.86. The van der Waals surface area contributed by atoms with Gasteiger partial charge >= 0.3 is 5.97 Å². The van der Waals surface area contributed by atoms with E-state index in [1.807, 2.05) is 6.08 Å². The number of hydrogen-bond acceptors (Lipinski definition) is 4. The summed E-state index contributed by atoms with van der Waals surface area (Å²) in [6, 6.07) is 4.77. The predicted molar refractivity (Wildman–Crippen MR) is 74.6 cm³/mol. The van der Waals surface area contributed by atoms with Gasteiger partial charge in [-0.05, 0) is 24.1 Å². The fraction of sp³-hybridized carbons (Fsp3) is 0.231. The number of carbonyl (C=O) groups is 2. The molecule has 1 aromatic carbocycles. The first-order valence-corrected chi connectivity index (χ1v) is 6.42. The van der Waals surface area contributed by atoms with E-state index in [2.05, 4.69) is 0 Å². The molecule has 0 aliphatic heterocycles. The van der Waals surface area contributed by atoms with Crippen molar-refractivity contribution in [3.05, 3.63) is 35.4 Å². The Bertz CT molecular complexity index is 483.